The quantitative estimate of drug-likeness (QED) is 0.797. The van der Waals surface area contributed by atoms with Crippen LogP contribution < -0.4 is 5.32 Å². The highest BCUT2D eigenvalue weighted by Crippen LogP contribution is 2.28. The van der Waals surface area contributed by atoms with Gasteiger partial charge in [0.05, 0.1) is 18.8 Å². The van der Waals surface area contributed by atoms with Gasteiger partial charge in [-0.05, 0) is 12.8 Å². The van der Waals surface area contributed by atoms with E-state index in [2.05, 4.69) is 10.3 Å². The van der Waals surface area contributed by atoms with Crippen LogP contribution in [0.25, 0.3) is 0 Å². The molecule has 1 unspecified atom stereocenters. The van der Waals surface area contributed by atoms with Gasteiger partial charge in [0.15, 0.2) is 0 Å². The number of likely N-dealkylation sites (tertiary alicyclic amines) is 1. The Balaban J connectivity index is 1.53. The molecule has 1 aromatic heterocycles. The summed E-state index contributed by atoms with van der Waals surface area (Å²) < 4.78 is 1.95. The predicted molar refractivity (Wildman–Crippen MR) is 72.7 cm³/mol. The van der Waals surface area contributed by atoms with Crippen LogP contribution in [0.2, 0.25) is 0 Å². The van der Waals surface area contributed by atoms with Crippen molar-refractivity contribution in [1.82, 2.24) is 19.8 Å². The maximum atomic E-state index is 12.3. The van der Waals surface area contributed by atoms with E-state index >= 15 is 0 Å². The first-order valence-corrected chi connectivity index (χ1v) is 7.31. The van der Waals surface area contributed by atoms with Crippen LogP contribution in [0.3, 0.4) is 0 Å². The SMILES string of the molecule is O=C1CC(NCCn2ccnc2)C(=O)N1C1CCCC1. The summed E-state index contributed by atoms with van der Waals surface area (Å²) in [5.74, 6) is -0.0467. The lowest BCUT2D eigenvalue weighted by Gasteiger charge is -2.22. The number of amides is 2. The van der Waals surface area contributed by atoms with Crippen LogP contribution in [0.4, 0.5) is 0 Å². The fraction of sp³-hybridized carbons (Fsp3) is 0.643. The van der Waals surface area contributed by atoms with E-state index in [4.69, 9.17) is 0 Å². The van der Waals surface area contributed by atoms with Gasteiger partial charge < -0.3 is 9.88 Å². The number of imidazole rings is 1. The standard InChI is InChI=1S/C14H20N4O2/c19-13-9-12(16-6-8-17-7-5-15-10-17)14(20)18(13)11-3-1-2-4-11/h5,7,10-12,16H,1-4,6,8-9H2. The summed E-state index contributed by atoms with van der Waals surface area (Å²) in [5.41, 5.74) is 0. The first-order chi connectivity index (χ1) is 9.75. The molecule has 1 aromatic rings. The number of rotatable bonds is 5. The molecule has 2 amide bonds. The Bertz CT molecular complexity index is 479. The largest absolute Gasteiger partial charge is 0.336 e. The molecular weight excluding hydrogens is 256 g/mol. The Morgan fingerprint density at radius 1 is 1.30 bits per heavy atom. The van der Waals surface area contributed by atoms with Crippen LogP contribution in [0, 0.1) is 0 Å². The first kappa shape index (κ1) is 13.3. The lowest BCUT2D eigenvalue weighted by Crippen LogP contribution is -2.43. The van der Waals surface area contributed by atoms with Gasteiger partial charge in [-0.15, -0.1) is 0 Å². The lowest BCUT2D eigenvalue weighted by molar-refractivity contribution is -0.141. The van der Waals surface area contributed by atoms with E-state index in [0.29, 0.717) is 13.0 Å². The summed E-state index contributed by atoms with van der Waals surface area (Å²) >= 11 is 0. The van der Waals surface area contributed by atoms with Crippen molar-refractivity contribution in [3.63, 3.8) is 0 Å². The van der Waals surface area contributed by atoms with Crippen molar-refractivity contribution in [2.75, 3.05) is 6.54 Å². The minimum absolute atomic E-state index is 0.0120. The molecule has 2 aliphatic rings. The summed E-state index contributed by atoms with van der Waals surface area (Å²) in [6, 6.07) is -0.193. The van der Waals surface area contributed by atoms with Gasteiger partial charge in [0.2, 0.25) is 11.8 Å². The van der Waals surface area contributed by atoms with Gasteiger partial charge in [0.25, 0.3) is 0 Å². The zero-order valence-electron chi connectivity index (χ0n) is 11.5. The Hall–Kier alpha value is -1.69. The molecule has 1 aliphatic carbocycles. The lowest BCUT2D eigenvalue weighted by atomic mass is 10.2. The van der Waals surface area contributed by atoms with Crippen molar-refractivity contribution in [3.8, 4) is 0 Å². The van der Waals surface area contributed by atoms with Gasteiger partial charge in [0, 0.05) is 31.5 Å². The van der Waals surface area contributed by atoms with E-state index in [9.17, 15) is 9.59 Å². The third-order valence-corrected chi connectivity index (χ3v) is 4.19. The third-order valence-electron chi connectivity index (χ3n) is 4.19. The van der Waals surface area contributed by atoms with Crippen molar-refractivity contribution in [2.24, 2.45) is 0 Å². The van der Waals surface area contributed by atoms with Crippen LogP contribution in [-0.4, -0.2) is 44.9 Å². The zero-order chi connectivity index (χ0) is 13.9. The summed E-state index contributed by atoms with van der Waals surface area (Å²) in [7, 11) is 0. The summed E-state index contributed by atoms with van der Waals surface area (Å²) in [4.78, 5) is 29.8. The molecule has 6 nitrogen and oxygen atoms in total. The van der Waals surface area contributed by atoms with Crippen molar-refractivity contribution >= 4 is 11.8 Å². The molecule has 1 N–H and O–H groups in total. The maximum Gasteiger partial charge on any atom is 0.247 e. The monoisotopic (exact) mass is 276 g/mol. The van der Waals surface area contributed by atoms with Gasteiger partial charge in [0.1, 0.15) is 0 Å². The highest BCUT2D eigenvalue weighted by molar-refractivity contribution is 6.05. The zero-order valence-corrected chi connectivity index (χ0v) is 11.5. The van der Waals surface area contributed by atoms with Crippen LogP contribution >= 0.6 is 0 Å². The van der Waals surface area contributed by atoms with Crippen molar-refractivity contribution in [2.45, 2.75) is 50.7 Å². The van der Waals surface area contributed by atoms with E-state index in [1.165, 1.54) is 4.90 Å². The normalized spacial score (nSPS) is 24.0. The molecule has 1 saturated carbocycles. The first-order valence-electron chi connectivity index (χ1n) is 7.31. The van der Waals surface area contributed by atoms with Crippen molar-refractivity contribution < 1.29 is 9.59 Å². The van der Waals surface area contributed by atoms with Gasteiger partial charge in [-0.25, -0.2) is 4.98 Å². The number of nitrogens with zero attached hydrogens (tertiary/aromatic N) is 3. The molecule has 0 aromatic carbocycles. The van der Waals surface area contributed by atoms with Crippen LogP contribution in [-0.2, 0) is 16.1 Å². The molecule has 1 aliphatic heterocycles. The predicted octanol–water partition coefficient (Wildman–Crippen LogP) is 0.543. The van der Waals surface area contributed by atoms with E-state index in [1.54, 1.807) is 12.5 Å². The fourth-order valence-corrected chi connectivity index (χ4v) is 3.14. The van der Waals surface area contributed by atoms with E-state index in [0.717, 1.165) is 32.2 Å². The topological polar surface area (TPSA) is 67.2 Å². The molecule has 0 radical (unpaired) electrons. The van der Waals surface area contributed by atoms with Crippen LogP contribution in [0.5, 0.6) is 0 Å². The van der Waals surface area contributed by atoms with Crippen molar-refractivity contribution in [1.29, 1.82) is 0 Å². The number of carbonyl (C=O) groups is 2. The second-order valence-electron chi connectivity index (χ2n) is 5.55. The molecule has 2 heterocycles. The molecule has 0 bridgehead atoms. The minimum Gasteiger partial charge on any atom is -0.336 e. The number of hydrogen-bond donors (Lipinski definition) is 1. The molecular formula is C14H20N4O2. The van der Waals surface area contributed by atoms with Crippen LogP contribution in [0.15, 0.2) is 18.7 Å². The molecule has 3 rings (SSSR count). The highest BCUT2D eigenvalue weighted by Gasteiger charge is 2.42. The molecule has 6 heteroatoms. The van der Waals surface area contributed by atoms with Gasteiger partial charge in [-0.3, -0.25) is 14.5 Å². The average molecular weight is 276 g/mol. The maximum absolute atomic E-state index is 12.3. The second kappa shape index (κ2) is 5.75. The highest BCUT2D eigenvalue weighted by atomic mass is 16.2. The Morgan fingerprint density at radius 3 is 2.80 bits per heavy atom. The average Bonchev–Trinajstić information content (AvgIpc) is 3.13. The number of imide groups is 1. The third kappa shape index (κ3) is 2.60. The molecule has 108 valence electrons. The molecule has 0 spiro atoms. The molecule has 20 heavy (non-hydrogen) atoms. The smallest absolute Gasteiger partial charge is 0.247 e. The van der Waals surface area contributed by atoms with Gasteiger partial charge in [-0.1, -0.05) is 12.8 Å². The Kier molecular flexibility index (Phi) is 3.82. The van der Waals surface area contributed by atoms with Gasteiger partial charge in [-0.2, -0.15) is 0 Å². The van der Waals surface area contributed by atoms with E-state index < -0.39 is 0 Å². The Labute approximate surface area is 118 Å². The van der Waals surface area contributed by atoms with Crippen molar-refractivity contribution in [3.05, 3.63) is 18.7 Å². The summed E-state index contributed by atoms with van der Waals surface area (Å²) in [5, 5.41) is 3.19. The number of hydrogen-bond acceptors (Lipinski definition) is 4. The van der Waals surface area contributed by atoms with Crippen LogP contribution in [0.1, 0.15) is 32.1 Å². The molecule has 1 atom stereocenters. The fourth-order valence-electron chi connectivity index (χ4n) is 3.14. The van der Waals surface area contributed by atoms with Gasteiger partial charge >= 0.3 is 0 Å². The molecule has 1 saturated heterocycles. The Morgan fingerprint density at radius 2 is 2.10 bits per heavy atom. The number of carbonyl (C=O) groups excluding carboxylic acids is 2. The number of aromatic nitrogens is 2. The second-order valence-corrected chi connectivity index (χ2v) is 5.55. The minimum atomic E-state index is -0.341. The summed E-state index contributed by atoms with van der Waals surface area (Å²) in [6.07, 6.45) is 9.85. The summed E-state index contributed by atoms with van der Waals surface area (Å²) in [6.45, 7) is 1.42. The van der Waals surface area contributed by atoms with E-state index in [-0.39, 0.29) is 23.9 Å². The number of nitrogens with one attached hydrogen (secondary N) is 1. The van der Waals surface area contributed by atoms with E-state index in [1.807, 2.05) is 10.8 Å². The molecule has 2 fully saturated rings.